The third kappa shape index (κ3) is 5.52. The smallest absolute Gasteiger partial charge is 0.250 e. The van der Waals surface area contributed by atoms with E-state index >= 15 is 0 Å². The Balaban J connectivity index is 1.61. The Hall–Kier alpha value is -2.50. The first-order valence-electron chi connectivity index (χ1n) is 9.46. The molecule has 0 radical (unpaired) electrons. The van der Waals surface area contributed by atoms with Gasteiger partial charge in [-0.1, -0.05) is 30.7 Å². The van der Waals surface area contributed by atoms with Crippen LogP contribution in [0.4, 0.5) is 0 Å². The van der Waals surface area contributed by atoms with Crippen molar-refractivity contribution in [3.63, 3.8) is 0 Å². The Labute approximate surface area is 181 Å². The standard InChI is InChI=1S/C23H24ClN3OS/c1-4-18-5-9-21(10-6-18)27-16(2)13-19(17(27)3)14-25-26-23(28)15-29-22-11-7-20(24)8-12-22/h5-14H,4,15H2,1-3H3,(H,26,28)/b25-14-. The van der Waals surface area contributed by atoms with Crippen molar-refractivity contribution in [1.29, 1.82) is 0 Å². The topological polar surface area (TPSA) is 46.4 Å². The summed E-state index contributed by atoms with van der Waals surface area (Å²) in [5.41, 5.74) is 8.23. The minimum atomic E-state index is -0.148. The molecule has 1 heterocycles. The van der Waals surface area contributed by atoms with Crippen LogP contribution < -0.4 is 5.43 Å². The summed E-state index contributed by atoms with van der Waals surface area (Å²) in [5.74, 6) is 0.145. The van der Waals surface area contributed by atoms with E-state index in [1.54, 1.807) is 6.21 Å². The molecule has 1 N–H and O–H groups in total. The number of rotatable bonds is 7. The number of carbonyl (C=O) groups is 1. The van der Waals surface area contributed by atoms with Crippen LogP contribution in [0.3, 0.4) is 0 Å². The summed E-state index contributed by atoms with van der Waals surface area (Å²) >= 11 is 7.31. The summed E-state index contributed by atoms with van der Waals surface area (Å²) in [4.78, 5) is 13.0. The molecule has 0 fully saturated rings. The van der Waals surface area contributed by atoms with E-state index < -0.39 is 0 Å². The average Bonchev–Trinajstić information content (AvgIpc) is 3.01. The Bertz CT molecular complexity index is 1010. The van der Waals surface area contributed by atoms with Crippen molar-refractivity contribution in [2.45, 2.75) is 32.1 Å². The third-order valence-electron chi connectivity index (χ3n) is 4.65. The first-order valence-corrected chi connectivity index (χ1v) is 10.8. The molecule has 0 aliphatic carbocycles. The number of hydrogen-bond donors (Lipinski definition) is 1. The number of benzene rings is 2. The minimum Gasteiger partial charge on any atom is -0.318 e. The normalized spacial score (nSPS) is 11.2. The molecule has 0 spiro atoms. The van der Waals surface area contributed by atoms with Gasteiger partial charge in [0.2, 0.25) is 5.91 Å². The lowest BCUT2D eigenvalue weighted by Gasteiger charge is -2.10. The maximum atomic E-state index is 12.0. The Morgan fingerprint density at radius 1 is 1.14 bits per heavy atom. The lowest BCUT2D eigenvalue weighted by molar-refractivity contribution is -0.118. The van der Waals surface area contributed by atoms with E-state index in [0.717, 1.165) is 34.0 Å². The first kappa shape index (κ1) is 21.2. The molecule has 0 aliphatic heterocycles. The number of hydrazone groups is 1. The SMILES string of the molecule is CCc1ccc(-n2c(C)cc(/C=N\NC(=O)CSc3ccc(Cl)cc3)c2C)cc1. The second-order valence-corrected chi connectivity index (χ2v) is 8.20. The Morgan fingerprint density at radius 3 is 2.48 bits per heavy atom. The lowest BCUT2D eigenvalue weighted by atomic mass is 10.1. The Morgan fingerprint density at radius 2 is 1.83 bits per heavy atom. The molecule has 3 aromatic rings. The molecule has 6 heteroatoms. The van der Waals surface area contributed by atoms with Crippen molar-refractivity contribution in [3.8, 4) is 5.69 Å². The number of hydrogen-bond acceptors (Lipinski definition) is 3. The quantitative estimate of drug-likeness (QED) is 0.306. The lowest BCUT2D eigenvalue weighted by Crippen LogP contribution is -2.19. The zero-order chi connectivity index (χ0) is 20.8. The summed E-state index contributed by atoms with van der Waals surface area (Å²) < 4.78 is 2.19. The molecule has 150 valence electrons. The second kappa shape index (κ2) is 9.81. The van der Waals surface area contributed by atoms with Crippen molar-refractivity contribution in [2.75, 3.05) is 5.75 Å². The van der Waals surface area contributed by atoms with Crippen LogP contribution in [-0.2, 0) is 11.2 Å². The van der Waals surface area contributed by atoms with Crippen LogP contribution >= 0.6 is 23.4 Å². The second-order valence-electron chi connectivity index (χ2n) is 6.72. The van der Waals surface area contributed by atoms with Crippen molar-refractivity contribution in [2.24, 2.45) is 5.10 Å². The predicted octanol–water partition coefficient (Wildman–Crippen LogP) is 5.55. The van der Waals surface area contributed by atoms with Gasteiger partial charge in [-0.05, 0) is 68.3 Å². The molecule has 1 amide bonds. The van der Waals surface area contributed by atoms with E-state index in [4.69, 9.17) is 11.6 Å². The predicted molar refractivity (Wildman–Crippen MR) is 123 cm³/mol. The molecule has 1 aromatic heterocycles. The van der Waals surface area contributed by atoms with Gasteiger partial charge in [0.15, 0.2) is 0 Å². The number of nitrogens with zero attached hydrogens (tertiary/aromatic N) is 2. The fourth-order valence-corrected chi connectivity index (χ4v) is 3.90. The summed E-state index contributed by atoms with van der Waals surface area (Å²) in [5, 5.41) is 4.81. The maximum absolute atomic E-state index is 12.0. The first-order chi connectivity index (χ1) is 14.0. The molecular formula is C23H24ClN3OS. The molecule has 29 heavy (non-hydrogen) atoms. The van der Waals surface area contributed by atoms with E-state index in [-0.39, 0.29) is 5.91 Å². The molecule has 3 rings (SSSR count). The highest BCUT2D eigenvalue weighted by Crippen LogP contribution is 2.21. The third-order valence-corrected chi connectivity index (χ3v) is 5.91. The van der Waals surface area contributed by atoms with Crippen LogP contribution in [0.2, 0.25) is 5.02 Å². The van der Waals surface area contributed by atoms with Gasteiger partial charge in [-0.2, -0.15) is 5.10 Å². The fraction of sp³-hybridized carbons (Fsp3) is 0.217. The van der Waals surface area contributed by atoms with Crippen LogP contribution in [0.5, 0.6) is 0 Å². The summed E-state index contributed by atoms with van der Waals surface area (Å²) in [6.07, 6.45) is 2.72. The zero-order valence-corrected chi connectivity index (χ0v) is 18.3. The van der Waals surface area contributed by atoms with Crippen LogP contribution in [-0.4, -0.2) is 22.4 Å². The number of carbonyl (C=O) groups excluding carboxylic acids is 1. The van der Waals surface area contributed by atoms with E-state index in [2.05, 4.69) is 66.2 Å². The van der Waals surface area contributed by atoms with Crippen molar-refractivity contribution < 1.29 is 4.79 Å². The fourth-order valence-electron chi connectivity index (χ4n) is 3.08. The van der Waals surface area contributed by atoms with Crippen LogP contribution in [0.15, 0.2) is 64.6 Å². The van der Waals surface area contributed by atoms with Gasteiger partial charge in [-0.3, -0.25) is 4.79 Å². The number of thioether (sulfide) groups is 1. The van der Waals surface area contributed by atoms with Gasteiger partial charge in [0.1, 0.15) is 0 Å². The van der Waals surface area contributed by atoms with Crippen LogP contribution in [0, 0.1) is 13.8 Å². The Kier molecular flexibility index (Phi) is 7.18. The highest BCUT2D eigenvalue weighted by molar-refractivity contribution is 8.00. The number of aromatic nitrogens is 1. The molecule has 0 unspecified atom stereocenters. The molecule has 0 aliphatic rings. The van der Waals surface area contributed by atoms with Gasteiger partial charge in [-0.25, -0.2) is 5.43 Å². The molecule has 0 saturated carbocycles. The average molecular weight is 426 g/mol. The highest BCUT2D eigenvalue weighted by atomic mass is 35.5. The van der Waals surface area contributed by atoms with Crippen LogP contribution in [0.1, 0.15) is 29.4 Å². The van der Waals surface area contributed by atoms with Gasteiger partial charge in [0, 0.05) is 32.6 Å². The molecule has 4 nitrogen and oxygen atoms in total. The van der Waals surface area contributed by atoms with Gasteiger partial charge in [0.25, 0.3) is 0 Å². The zero-order valence-electron chi connectivity index (χ0n) is 16.8. The van der Waals surface area contributed by atoms with Gasteiger partial charge in [0.05, 0.1) is 12.0 Å². The number of nitrogens with one attached hydrogen (secondary N) is 1. The largest absolute Gasteiger partial charge is 0.318 e. The van der Waals surface area contributed by atoms with E-state index in [9.17, 15) is 4.79 Å². The molecule has 0 atom stereocenters. The number of aryl methyl sites for hydroxylation is 2. The van der Waals surface area contributed by atoms with Crippen molar-refractivity contribution in [3.05, 3.63) is 82.1 Å². The van der Waals surface area contributed by atoms with Gasteiger partial charge in [-0.15, -0.1) is 11.8 Å². The maximum Gasteiger partial charge on any atom is 0.250 e. The summed E-state index contributed by atoms with van der Waals surface area (Å²) in [6, 6.07) is 18.1. The summed E-state index contributed by atoms with van der Waals surface area (Å²) in [6.45, 7) is 6.28. The van der Waals surface area contributed by atoms with Gasteiger partial charge >= 0.3 is 0 Å². The molecule has 0 bridgehead atoms. The van der Waals surface area contributed by atoms with Gasteiger partial charge < -0.3 is 4.57 Å². The number of amides is 1. The monoisotopic (exact) mass is 425 g/mol. The van der Waals surface area contributed by atoms with Crippen LogP contribution in [0.25, 0.3) is 5.69 Å². The minimum absolute atomic E-state index is 0.148. The summed E-state index contributed by atoms with van der Waals surface area (Å²) in [7, 11) is 0. The molecule has 2 aromatic carbocycles. The van der Waals surface area contributed by atoms with E-state index in [0.29, 0.717) is 10.8 Å². The molecule has 0 saturated heterocycles. The molecular weight excluding hydrogens is 402 g/mol. The van der Waals surface area contributed by atoms with E-state index in [1.807, 2.05) is 24.3 Å². The number of halogens is 1. The van der Waals surface area contributed by atoms with E-state index in [1.165, 1.54) is 17.3 Å². The highest BCUT2D eigenvalue weighted by Gasteiger charge is 2.09. The van der Waals surface area contributed by atoms with Crippen molar-refractivity contribution in [1.82, 2.24) is 9.99 Å². The van der Waals surface area contributed by atoms with Crippen molar-refractivity contribution >= 4 is 35.5 Å².